The van der Waals surface area contributed by atoms with Gasteiger partial charge < -0.3 is 9.64 Å². The highest BCUT2D eigenvalue weighted by atomic mass is 32.1. The van der Waals surface area contributed by atoms with Crippen LogP contribution < -0.4 is 4.74 Å². The average molecular weight is 373 g/mol. The van der Waals surface area contributed by atoms with Crippen molar-refractivity contribution in [2.75, 3.05) is 7.11 Å². The highest BCUT2D eigenvalue weighted by molar-refractivity contribution is 7.09. The van der Waals surface area contributed by atoms with Crippen LogP contribution >= 0.6 is 11.3 Å². The summed E-state index contributed by atoms with van der Waals surface area (Å²) < 4.78 is 32.6. The molecule has 3 rings (SSSR count). The Bertz CT molecular complexity index is 897. The van der Waals surface area contributed by atoms with E-state index < -0.39 is 17.5 Å². The summed E-state index contributed by atoms with van der Waals surface area (Å²) in [5.74, 6) is -1.43. The number of ether oxygens (including phenoxy) is 1. The third-order valence-electron chi connectivity index (χ3n) is 3.93. The molecule has 1 aromatic heterocycles. The van der Waals surface area contributed by atoms with E-state index in [1.807, 2.05) is 41.8 Å². The lowest BCUT2D eigenvalue weighted by Crippen LogP contribution is -2.30. The van der Waals surface area contributed by atoms with Crippen LogP contribution in [0.15, 0.2) is 60.0 Å². The molecule has 3 aromatic rings. The largest absolute Gasteiger partial charge is 0.496 e. The number of methoxy groups -OCH3 is 1. The monoisotopic (exact) mass is 373 g/mol. The number of amides is 1. The van der Waals surface area contributed by atoms with Crippen LogP contribution in [0.3, 0.4) is 0 Å². The Morgan fingerprint density at radius 1 is 1.08 bits per heavy atom. The van der Waals surface area contributed by atoms with Crippen molar-refractivity contribution in [3.8, 4) is 5.75 Å². The number of para-hydroxylation sites is 1. The molecule has 0 unspecified atom stereocenters. The second-order valence-electron chi connectivity index (χ2n) is 5.68. The highest BCUT2D eigenvalue weighted by Crippen LogP contribution is 2.23. The van der Waals surface area contributed by atoms with Gasteiger partial charge in [0.1, 0.15) is 17.4 Å². The number of carbonyl (C=O) groups excluding carboxylic acids is 1. The third kappa shape index (κ3) is 4.08. The average Bonchev–Trinajstić information content (AvgIpc) is 3.14. The number of halogens is 2. The van der Waals surface area contributed by atoms with Gasteiger partial charge in [-0.3, -0.25) is 4.79 Å². The molecule has 1 heterocycles. The first-order valence-electron chi connectivity index (χ1n) is 7.97. The molecule has 0 saturated carbocycles. The topological polar surface area (TPSA) is 29.5 Å². The second kappa shape index (κ2) is 8.10. The lowest BCUT2D eigenvalue weighted by Gasteiger charge is -2.23. The molecule has 0 atom stereocenters. The van der Waals surface area contributed by atoms with Crippen LogP contribution in [0, 0.1) is 11.6 Å². The van der Waals surface area contributed by atoms with Gasteiger partial charge in [-0.05, 0) is 29.6 Å². The molecule has 2 aromatic carbocycles. The Morgan fingerprint density at radius 2 is 1.88 bits per heavy atom. The zero-order valence-corrected chi connectivity index (χ0v) is 14.9. The Kier molecular flexibility index (Phi) is 5.63. The maximum atomic E-state index is 14.1. The van der Waals surface area contributed by atoms with Gasteiger partial charge in [-0.15, -0.1) is 11.3 Å². The van der Waals surface area contributed by atoms with Gasteiger partial charge in [0.15, 0.2) is 0 Å². The first kappa shape index (κ1) is 18.1. The fourth-order valence-electron chi connectivity index (χ4n) is 2.66. The van der Waals surface area contributed by atoms with E-state index in [1.165, 1.54) is 22.3 Å². The summed E-state index contributed by atoms with van der Waals surface area (Å²) in [4.78, 5) is 15.4. The van der Waals surface area contributed by atoms with E-state index in [1.54, 1.807) is 7.11 Å². The lowest BCUT2D eigenvalue weighted by molar-refractivity contribution is 0.0725. The van der Waals surface area contributed by atoms with Crippen LogP contribution in [0.1, 0.15) is 20.8 Å². The molecule has 1 amide bonds. The molecule has 0 aliphatic rings. The van der Waals surface area contributed by atoms with Gasteiger partial charge in [-0.2, -0.15) is 0 Å². The molecule has 0 aliphatic heterocycles. The molecule has 0 spiro atoms. The van der Waals surface area contributed by atoms with Gasteiger partial charge in [0.2, 0.25) is 0 Å². The second-order valence-corrected chi connectivity index (χ2v) is 6.71. The van der Waals surface area contributed by atoms with Crippen molar-refractivity contribution < 1.29 is 18.3 Å². The van der Waals surface area contributed by atoms with Crippen molar-refractivity contribution in [3.05, 3.63) is 87.6 Å². The normalized spacial score (nSPS) is 10.6. The molecule has 3 nitrogen and oxygen atoms in total. The van der Waals surface area contributed by atoms with E-state index in [4.69, 9.17) is 4.74 Å². The molecular formula is C20H17F2NO2S. The number of hydrogen-bond donors (Lipinski definition) is 0. The summed E-state index contributed by atoms with van der Waals surface area (Å²) >= 11 is 1.51. The maximum absolute atomic E-state index is 14.1. The SMILES string of the molecule is COc1ccccc1CN(Cc1cccs1)C(=O)c1ccc(F)cc1F. The number of thiophene rings is 1. The Labute approximate surface area is 154 Å². The molecule has 26 heavy (non-hydrogen) atoms. The molecule has 0 bridgehead atoms. The van der Waals surface area contributed by atoms with E-state index in [9.17, 15) is 13.6 Å². The minimum atomic E-state index is -0.869. The fourth-order valence-corrected chi connectivity index (χ4v) is 3.38. The van der Waals surface area contributed by atoms with Crippen molar-refractivity contribution in [1.29, 1.82) is 0 Å². The third-order valence-corrected chi connectivity index (χ3v) is 4.79. The number of carbonyl (C=O) groups is 1. The summed E-state index contributed by atoms with van der Waals surface area (Å²) in [5, 5.41) is 1.92. The zero-order valence-electron chi connectivity index (χ0n) is 14.1. The van der Waals surface area contributed by atoms with Crippen molar-refractivity contribution in [2.45, 2.75) is 13.1 Å². The number of hydrogen-bond acceptors (Lipinski definition) is 3. The first-order valence-corrected chi connectivity index (χ1v) is 8.85. The quantitative estimate of drug-likeness (QED) is 0.616. The molecule has 0 saturated heterocycles. The minimum Gasteiger partial charge on any atom is -0.496 e. The Hall–Kier alpha value is -2.73. The summed E-state index contributed by atoms with van der Waals surface area (Å²) in [6, 6.07) is 14.1. The Balaban J connectivity index is 1.93. The Morgan fingerprint density at radius 3 is 2.58 bits per heavy atom. The number of nitrogens with zero attached hydrogens (tertiary/aromatic N) is 1. The van der Waals surface area contributed by atoms with Gasteiger partial charge in [-0.1, -0.05) is 24.3 Å². The van der Waals surface area contributed by atoms with Crippen molar-refractivity contribution >= 4 is 17.2 Å². The molecule has 0 N–H and O–H groups in total. The highest BCUT2D eigenvalue weighted by Gasteiger charge is 2.21. The lowest BCUT2D eigenvalue weighted by atomic mass is 10.1. The van der Waals surface area contributed by atoms with E-state index in [0.717, 1.165) is 22.6 Å². The van der Waals surface area contributed by atoms with Crippen molar-refractivity contribution in [3.63, 3.8) is 0 Å². The summed E-state index contributed by atoms with van der Waals surface area (Å²) in [5.41, 5.74) is 0.653. The van der Waals surface area contributed by atoms with Crippen molar-refractivity contribution in [2.24, 2.45) is 0 Å². The maximum Gasteiger partial charge on any atom is 0.257 e. The van der Waals surface area contributed by atoms with E-state index >= 15 is 0 Å². The molecule has 0 aliphatic carbocycles. The predicted molar refractivity (Wildman–Crippen MR) is 97.2 cm³/mol. The fraction of sp³-hybridized carbons (Fsp3) is 0.150. The molecule has 0 radical (unpaired) electrons. The van der Waals surface area contributed by atoms with Gasteiger partial charge in [0, 0.05) is 16.5 Å². The first-order chi connectivity index (χ1) is 12.6. The van der Waals surface area contributed by atoms with Crippen LogP contribution in [-0.4, -0.2) is 17.9 Å². The van der Waals surface area contributed by atoms with Gasteiger partial charge >= 0.3 is 0 Å². The van der Waals surface area contributed by atoms with E-state index in [2.05, 4.69) is 0 Å². The van der Waals surface area contributed by atoms with Crippen LogP contribution in [-0.2, 0) is 13.1 Å². The smallest absolute Gasteiger partial charge is 0.257 e. The van der Waals surface area contributed by atoms with Crippen LogP contribution in [0.5, 0.6) is 5.75 Å². The van der Waals surface area contributed by atoms with Gasteiger partial charge in [-0.25, -0.2) is 8.78 Å². The van der Waals surface area contributed by atoms with Crippen LogP contribution in [0.2, 0.25) is 0 Å². The number of rotatable bonds is 6. The molecule has 6 heteroatoms. The summed E-state index contributed by atoms with van der Waals surface area (Å²) in [7, 11) is 1.56. The summed E-state index contributed by atoms with van der Waals surface area (Å²) in [6.45, 7) is 0.572. The van der Waals surface area contributed by atoms with E-state index in [0.29, 0.717) is 12.3 Å². The van der Waals surface area contributed by atoms with Gasteiger partial charge in [0.05, 0.1) is 25.8 Å². The van der Waals surface area contributed by atoms with E-state index in [-0.39, 0.29) is 12.1 Å². The molecular weight excluding hydrogens is 356 g/mol. The zero-order chi connectivity index (χ0) is 18.5. The standard InChI is InChI=1S/C20H17F2NO2S/c1-25-19-7-3-2-5-14(19)12-23(13-16-6-4-10-26-16)20(24)17-9-8-15(21)11-18(17)22/h2-11H,12-13H2,1H3. The number of benzene rings is 2. The van der Waals surface area contributed by atoms with Crippen LogP contribution in [0.25, 0.3) is 0 Å². The molecule has 0 fully saturated rings. The predicted octanol–water partition coefficient (Wildman–Crippen LogP) is 4.88. The minimum absolute atomic E-state index is 0.155. The van der Waals surface area contributed by atoms with Crippen molar-refractivity contribution in [1.82, 2.24) is 4.90 Å². The van der Waals surface area contributed by atoms with Gasteiger partial charge in [0.25, 0.3) is 5.91 Å². The summed E-state index contributed by atoms with van der Waals surface area (Å²) in [6.07, 6.45) is 0. The molecule has 134 valence electrons. The van der Waals surface area contributed by atoms with Crippen LogP contribution in [0.4, 0.5) is 8.78 Å².